The highest BCUT2D eigenvalue weighted by Gasteiger charge is 2.33. The lowest BCUT2D eigenvalue weighted by Crippen LogP contribution is -2.05. The first-order valence-electron chi connectivity index (χ1n) is 9.07. The van der Waals surface area contributed by atoms with Crippen LogP contribution < -0.4 is 0 Å². The summed E-state index contributed by atoms with van der Waals surface area (Å²) in [6.45, 7) is 0. The van der Waals surface area contributed by atoms with Gasteiger partial charge in [-0.05, 0) is 23.9 Å². The van der Waals surface area contributed by atoms with Crippen molar-refractivity contribution in [2.24, 2.45) is 0 Å². The Hall–Kier alpha value is -3.59. The van der Waals surface area contributed by atoms with Crippen LogP contribution in [0.15, 0.2) is 88.9 Å². The molecular weight excluding hydrogens is 427 g/mol. The normalized spacial score (nSPS) is 11.5. The van der Waals surface area contributed by atoms with Crippen LogP contribution in [0.3, 0.4) is 0 Å². The van der Waals surface area contributed by atoms with Gasteiger partial charge >= 0.3 is 6.18 Å². The van der Waals surface area contributed by atoms with Crippen molar-refractivity contribution < 1.29 is 18.1 Å². The van der Waals surface area contributed by atoms with Crippen LogP contribution in [0.4, 0.5) is 18.9 Å². The molecule has 4 rings (SSSR count). The molecule has 4 aromatic rings. The number of nitrogens with one attached hydrogen (secondary N) is 1. The van der Waals surface area contributed by atoms with Gasteiger partial charge in [0.1, 0.15) is 0 Å². The molecule has 5 nitrogen and oxygen atoms in total. The minimum absolute atomic E-state index is 0.0611. The fourth-order valence-electron chi connectivity index (χ4n) is 3.05. The Kier molecular flexibility index (Phi) is 5.51. The third-order valence-corrected chi connectivity index (χ3v) is 5.43. The fraction of sp³-hybridized carbons (Fsp3) is 0.0455. The van der Waals surface area contributed by atoms with Crippen LogP contribution >= 0.6 is 11.8 Å². The van der Waals surface area contributed by atoms with Crippen LogP contribution in [0.2, 0.25) is 0 Å². The summed E-state index contributed by atoms with van der Waals surface area (Å²) >= 11 is 0.911. The molecular formula is C22H14F3N3O2S. The summed E-state index contributed by atoms with van der Waals surface area (Å²) < 4.78 is 38.9. The van der Waals surface area contributed by atoms with Gasteiger partial charge in [-0.1, -0.05) is 60.7 Å². The van der Waals surface area contributed by atoms with Crippen molar-refractivity contribution in [3.63, 3.8) is 0 Å². The molecule has 156 valence electrons. The van der Waals surface area contributed by atoms with Crippen molar-refractivity contribution in [2.45, 2.75) is 16.2 Å². The van der Waals surface area contributed by atoms with E-state index >= 15 is 0 Å². The summed E-state index contributed by atoms with van der Waals surface area (Å²) in [5.41, 5.74) is 1.36. The second-order valence-electron chi connectivity index (χ2n) is 6.54. The molecule has 0 fully saturated rings. The predicted octanol–water partition coefficient (Wildman–Crippen LogP) is 6.82. The predicted molar refractivity (Wildman–Crippen MR) is 112 cm³/mol. The maximum Gasteiger partial charge on any atom is 0.416 e. The minimum Gasteiger partial charge on any atom is -0.332 e. The second-order valence-corrected chi connectivity index (χ2v) is 7.57. The molecule has 0 spiro atoms. The first-order chi connectivity index (χ1) is 14.8. The zero-order valence-electron chi connectivity index (χ0n) is 15.8. The number of alkyl halides is 3. The summed E-state index contributed by atoms with van der Waals surface area (Å²) in [4.78, 5) is 18.4. The first kappa shape index (κ1) is 20.7. The van der Waals surface area contributed by atoms with E-state index in [2.05, 4.69) is 9.97 Å². The van der Waals surface area contributed by atoms with Crippen molar-refractivity contribution >= 4 is 17.4 Å². The van der Waals surface area contributed by atoms with E-state index in [1.807, 2.05) is 60.7 Å². The van der Waals surface area contributed by atoms with Gasteiger partial charge in [-0.2, -0.15) is 13.2 Å². The molecule has 9 heteroatoms. The number of nitrogens with zero attached hydrogens (tertiary/aromatic N) is 2. The smallest absolute Gasteiger partial charge is 0.332 e. The van der Waals surface area contributed by atoms with Gasteiger partial charge in [0, 0.05) is 17.2 Å². The molecule has 0 amide bonds. The van der Waals surface area contributed by atoms with Crippen molar-refractivity contribution in [1.29, 1.82) is 0 Å². The Bertz CT molecular complexity index is 1170. The number of benzene rings is 3. The fourth-order valence-corrected chi connectivity index (χ4v) is 3.92. The molecule has 0 saturated carbocycles. The van der Waals surface area contributed by atoms with E-state index < -0.39 is 22.4 Å². The van der Waals surface area contributed by atoms with Crippen molar-refractivity contribution in [3.05, 3.63) is 94.5 Å². The minimum atomic E-state index is -4.67. The number of H-pyrrole nitrogens is 1. The van der Waals surface area contributed by atoms with Gasteiger partial charge in [0.15, 0.2) is 5.16 Å². The molecule has 0 aliphatic carbocycles. The Morgan fingerprint density at radius 2 is 1.52 bits per heavy atom. The molecule has 0 unspecified atom stereocenters. The van der Waals surface area contributed by atoms with E-state index in [4.69, 9.17) is 0 Å². The van der Waals surface area contributed by atoms with Gasteiger partial charge in [0.2, 0.25) is 0 Å². The van der Waals surface area contributed by atoms with Crippen LogP contribution in [-0.2, 0) is 6.18 Å². The third kappa shape index (κ3) is 4.46. The number of aromatic nitrogens is 2. The molecule has 1 N–H and O–H groups in total. The van der Waals surface area contributed by atoms with E-state index in [0.29, 0.717) is 22.6 Å². The molecule has 0 aliphatic heterocycles. The number of halogens is 3. The number of nitro benzene ring substituents is 1. The average molecular weight is 441 g/mol. The van der Waals surface area contributed by atoms with Gasteiger partial charge in [-0.15, -0.1) is 0 Å². The topological polar surface area (TPSA) is 71.8 Å². The first-order valence-corrected chi connectivity index (χ1v) is 9.89. The zero-order chi connectivity index (χ0) is 22.0. The van der Waals surface area contributed by atoms with Gasteiger partial charge in [-0.3, -0.25) is 10.1 Å². The lowest BCUT2D eigenvalue weighted by molar-refractivity contribution is -0.388. The number of hydrogen-bond donors (Lipinski definition) is 1. The lowest BCUT2D eigenvalue weighted by atomic mass is 10.1. The number of aromatic amines is 1. The maximum absolute atomic E-state index is 13.0. The summed E-state index contributed by atoms with van der Waals surface area (Å²) in [5, 5.41) is 11.7. The van der Waals surface area contributed by atoms with Crippen LogP contribution in [-0.4, -0.2) is 14.9 Å². The van der Waals surface area contributed by atoms with E-state index in [9.17, 15) is 23.3 Å². The van der Waals surface area contributed by atoms with Crippen molar-refractivity contribution in [1.82, 2.24) is 9.97 Å². The molecule has 0 bridgehead atoms. The Morgan fingerprint density at radius 3 is 2.10 bits per heavy atom. The molecule has 0 radical (unpaired) electrons. The summed E-state index contributed by atoms with van der Waals surface area (Å²) in [6.07, 6.45) is -4.67. The van der Waals surface area contributed by atoms with Crippen LogP contribution in [0, 0.1) is 10.1 Å². The maximum atomic E-state index is 13.0. The highest BCUT2D eigenvalue weighted by atomic mass is 32.2. The zero-order valence-corrected chi connectivity index (χ0v) is 16.6. The quantitative estimate of drug-likeness (QED) is 0.272. The molecule has 31 heavy (non-hydrogen) atoms. The largest absolute Gasteiger partial charge is 0.416 e. The summed E-state index contributed by atoms with van der Waals surface area (Å²) in [6, 6.07) is 21.3. The number of imidazole rings is 1. The van der Waals surface area contributed by atoms with Crippen LogP contribution in [0.1, 0.15) is 5.56 Å². The molecule has 1 heterocycles. The number of hydrogen-bond acceptors (Lipinski definition) is 4. The van der Waals surface area contributed by atoms with Crippen LogP contribution in [0.25, 0.3) is 22.5 Å². The second kappa shape index (κ2) is 8.27. The third-order valence-electron chi connectivity index (χ3n) is 4.48. The SMILES string of the molecule is O=[N+]([O-])c1cc(C(F)(F)F)ccc1Sc1nc(-c2ccccc2)c(-c2ccccc2)[nH]1. The standard InChI is InChI=1S/C22H14F3N3O2S/c23-22(24,25)16-11-12-18(17(13-16)28(29)30)31-21-26-19(14-7-3-1-4-8-14)20(27-21)15-9-5-2-6-10-15/h1-13H,(H,26,27). The highest BCUT2D eigenvalue weighted by molar-refractivity contribution is 7.99. The van der Waals surface area contributed by atoms with Crippen molar-refractivity contribution in [2.75, 3.05) is 0 Å². The Morgan fingerprint density at radius 1 is 0.903 bits per heavy atom. The van der Waals surface area contributed by atoms with E-state index in [0.717, 1.165) is 35.0 Å². The van der Waals surface area contributed by atoms with E-state index in [1.54, 1.807) is 0 Å². The highest BCUT2D eigenvalue weighted by Crippen LogP contribution is 2.40. The average Bonchev–Trinajstić information content (AvgIpc) is 3.18. The molecule has 0 aliphatic rings. The molecule has 0 saturated heterocycles. The monoisotopic (exact) mass is 441 g/mol. The Labute approximate surface area is 179 Å². The molecule has 0 atom stereocenters. The van der Waals surface area contributed by atoms with E-state index in [1.165, 1.54) is 0 Å². The van der Waals surface area contributed by atoms with Crippen molar-refractivity contribution in [3.8, 4) is 22.5 Å². The van der Waals surface area contributed by atoms with Gasteiger partial charge in [0.05, 0.1) is 26.8 Å². The number of nitro groups is 1. The van der Waals surface area contributed by atoms with E-state index in [-0.39, 0.29) is 4.90 Å². The van der Waals surface area contributed by atoms with Crippen LogP contribution in [0.5, 0.6) is 0 Å². The number of rotatable bonds is 5. The summed E-state index contributed by atoms with van der Waals surface area (Å²) in [5.74, 6) is 0. The molecule has 3 aromatic carbocycles. The van der Waals surface area contributed by atoms with Gasteiger partial charge in [0.25, 0.3) is 5.69 Å². The summed E-state index contributed by atoms with van der Waals surface area (Å²) in [7, 11) is 0. The van der Waals surface area contributed by atoms with Gasteiger partial charge in [-0.25, -0.2) is 4.98 Å². The lowest BCUT2D eigenvalue weighted by Gasteiger charge is -2.07. The molecule has 1 aromatic heterocycles. The Balaban J connectivity index is 1.78. The van der Waals surface area contributed by atoms with Gasteiger partial charge < -0.3 is 4.98 Å².